The summed E-state index contributed by atoms with van der Waals surface area (Å²) < 4.78 is 18.5. The Bertz CT molecular complexity index is 195. The second kappa shape index (κ2) is 3.21. The third-order valence-corrected chi connectivity index (χ3v) is 3.58. The number of methoxy groups -OCH3 is 1. The molecule has 2 aliphatic heterocycles. The number of rotatable bonds is 2. The Labute approximate surface area is 79.1 Å². The van der Waals surface area contributed by atoms with Gasteiger partial charge < -0.3 is 4.74 Å². The molecule has 2 heterocycles. The van der Waals surface area contributed by atoms with Crippen LogP contribution >= 0.6 is 0 Å². The van der Waals surface area contributed by atoms with Gasteiger partial charge in [-0.3, -0.25) is 4.90 Å². The monoisotopic (exact) mass is 187 g/mol. The molecule has 0 aliphatic carbocycles. The van der Waals surface area contributed by atoms with E-state index in [1.807, 2.05) is 0 Å². The zero-order chi connectivity index (χ0) is 9.47. The number of nitrogens with zero attached hydrogens (tertiary/aromatic N) is 1. The van der Waals surface area contributed by atoms with Gasteiger partial charge in [0, 0.05) is 31.7 Å². The average molecular weight is 187 g/mol. The van der Waals surface area contributed by atoms with E-state index < -0.39 is 6.17 Å². The van der Waals surface area contributed by atoms with Crippen molar-refractivity contribution in [1.29, 1.82) is 0 Å². The summed E-state index contributed by atoms with van der Waals surface area (Å²) in [5, 5.41) is 0. The Hall–Kier alpha value is -0.150. The van der Waals surface area contributed by atoms with E-state index in [4.69, 9.17) is 4.74 Å². The van der Waals surface area contributed by atoms with E-state index in [1.54, 1.807) is 7.11 Å². The maximum absolute atomic E-state index is 13.3. The van der Waals surface area contributed by atoms with Gasteiger partial charge in [-0.15, -0.1) is 0 Å². The van der Waals surface area contributed by atoms with Crippen LogP contribution in [-0.4, -0.2) is 42.9 Å². The van der Waals surface area contributed by atoms with Crippen molar-refractivity contribution in [3.05, 3.63) is 0 Å². The van der Waals surface area contributed by atoms with Crippen molar-refractivity contribution in [2.75, 3.05) is 20.3 Å². The first-order chi connectivity index (χ1) is 6.18. The van der Waals surface area contributed by atoms with Crippen LogP contribution in [0.2, 0.25) is 0 Å². The molecule has 0 radical (unpaired) electrons. The summed E-state index contributed by atoms with van der Waals surface area (Å²) >= 11 is 0. The van der Waals surface area contributed by atoms with Crippen molar-refractivity contribution < 1.29 is 9.13 Å². The van der Waals surface area contributed by atoms with Crippen LogP contribution in [0.15, 0.2) is 0 Å². The van der Waals surface area contributed by atoms with E-state index in [0.717, 1.165) is 6.42 Å². The van der Waals surface area contributed by atoms with E-state index in [0.29, 0.717) is 25.6 Å². The van der Waals surface area contributed by atoms with Crippen LogP contribution < -0.4 is 0 Å². The molecule has 2 nitrogen and oxygen atoms in total. The smallest absolute Gasteiger partial charge is 0.115 e. The molecule has 0 unspecified atom stereocenters. The second-order valence-corrected chi connectivity index (χ2v) is 4.50. The standard InChI is InChI=1S/C10H18FNO/c1-8-3-4-10(7-13-2)5-9(11)6-12(8)10/h8-9H,3-7H2,1-2H3/t8-,9-,10-/m0/s1. The fourth-order valence-electron chi connectivity index (χ4n) is 3.01. The number of alkyl halides is 1. The van der Waals surface area contributed by atoms with Gasteiger partial charge in [-0.05, 0) is 19.8 Å². The van der Waals surface area contributed by atoms with E-state index in [-0.39, 0.29) is 5.54 Å². The zero-order valence-corrected chi connectivity index (χ0v) is 8.42. The SMILES string of the molecule is COC[C@@]12CC[C@H](C)N1C[C@@H](F)C2. The lowest BCUT2D eigenvalue weighted by Gasteiger charge is -2.32. The summed E-state index contributed by atoms with van der Waals surface area (Å²) in [4.78, 5) is 2.31. The maximum atomic E-state index is 13.3. The molecule has 76 valence electrons. The molecule has 0 amide bonds. The highest BCUT2D eigenvalue weighted by Crippen LogP contribution is 2.43. The number of halogens is 1. The second-order valence-electron chi connectivity index (χ2n) is 4.50. The Morgan fingerprint density at radius 3 is 3.08 bits per heavy atom. The molecular formula is C10H18FNO. The fourth-order valence-corrected chi connectivity index (χ4v) is 3.01. The first-order valence-electron chi connectivity index (χ1n) is 5.08. The number of hydrogen-bond acceptors (Lipinski definition) is 2. The third kappa shape index (κ3) is 1.38. The summed E-state index contributed by atoms with van der Waals surface area (Å²) in [7, 11) is 1.71. The Morgan fingerprint density at radius 2 is 2.38 bits per heavy atom. The lowest BCUT2D eigenvalue weighted by atomic mass is 9.95. The van der Waals surface area contributed by atoms with Crippen LogP contribution in [0.4, 0.5) is 4.39 Å². The fraction of sp³-hybridized carbons (Fsp3) is 1.00. The molecule has 0 N–H and O–H groups in total. The molecule has 0 aromatic carbocycles. The van der Waals surface area contributed by atoms with Gasteiger partial charge >= 0.3 is 0 Å². The Balaban J connectivity index is 2.14. The van der Waals surface area contributed by atoms with Gasteiger partial charge in [0.05, 0.1) is 6.61 Å². The normalized spacial score (nSPS) is 45.5. The summed E-state index contributed by atoms with van der Waals surface area (Å²) in [5.41, 5.74) is 0.0353. The highest BCUT2D eigenvalue weighted by molar-refractivity contribution is 5.06. The van der Waals surface area contributed by atoms with E-state index >= 15 is 0 Å². The van der Waals surface area contributed by atoms with Gasteiger partial charge in [-0.25, -0.2) is 4.39 Å². The minimum absolute atomic E-state index is 0.0353. The highest BCUT2D eigenvalue weighted by atomic mass is 19.1. The Kier molecular flexibility index (Phi) is 2.32. The zero-order valence-electron chi connectivity index (χ0n) is 8.42. The first kappa shape index (κ1) is 9.41. The van der Waals surface area contributed by atoms with Crippen molar-refractivity contribution in [2.24, 2.45) is 0 Å². The Morgan fingerprint density at radius 1 is 1.62 bits per heavy atom. The predicted octanol–water partition coefficient (Wildman–Crippen LogP) is 1.60. The van der Waals surface area contributed by atoms with Crippen molar-refractivity contribution in [1.82, 2.24) is 4.90 Å². The van der Waals surface area contributed by atoms with Crippen molar-refractivity contribution >= 4 is 0 Å². The largest absolute Gasteiger partial charge is 0.383 e. The minimum atomic E-state index is -0.641. The molecule has 0 aromatic rings. The lowest BCUT2D eigenvalue weighted by Crippen LogP contribution is -2.44. The summed E-state index contributed by atoms with van der Waals surface area (Å²) in [6.45, 7) is 3.50. The van der Waals surface area contributed by atoms with E-state index in [1.165, 1.54) is 6.42 Å². The van der Waals surface area contributed by atoms with Gasteiger partial charge in [-0.2, -0.15) is 0 Å². The molecule has 13 heavy (non-hydrogen) atoms. The molecule has 0 aromatic heterocycles. The van der Waals surface area contributed by atoms with Gasteiger partial charge in [0.1, 0.15) is 6.17 Å². The first-order valence-corrected chi connectivity index (χ1v) is 5.08. The molecular weight excluding hydrogens is 169 g/mol. The lowest BCUT2D eigenvalue weighted by molar-refractivity contribution is 0.0526. The van der Waals surface area contributed by atoms with E-state index in [2.05, 4.69) is 11.8 Å². The quantitative estimate of drug-likeness (QED) is 0.651. The van der Waals surface area contributed by atoms with Crippen molar-refractivity contribution in [3.63, 3.8) is 0 Å². The molecule has 2 saturated heterocycles. The molecule has 2 aliphatic rings. The van der Waals surface area contributed by atoms with Gasteiger partial charge in [-0.1, -0.05) is 0 Å². The number of hydrogen-bond donors (Lipinski definition) is 0. The van der Waals surface area contributed by atoms with E-state index in [9.17, 15) is 4.39 Å². The molecule has 2 fully saturated rings. The number of ether oxygens (including phenoxy) is 1. The molecule has 3 heteroatoms. The molecule has 2 rings (SSSR count). The van der Waals surface area contributed by atoms with Crippen LogP contribution in [0.25, 0.3) is 0 Å². The average Bonchev–Trinajstić information content (AvgIpc) is 2.51. The van der Waals surface area contributed by atoms with Crippen molar-refractivity contribution in [2.45, 2.75) is 43.9 Å². The summed E-state index contributed by atoms with van der Waals surface area (Å²) in [6.07, 6.45) is 2.32. The van der Waals surface area contributed by atoms with Crippen molar-refractivity contribution in [3.8, 4) is 0 Å². The predicted molar refractivity (Wildman–Crippen MR) is 49.5 cm³/mol. The van der Waals surface area contributed by atoms with Gasteiger partial charge in [0.15, 0.2) is 0 Å². The topological polar surface area (TPSA) is 12.5 Å². The van der Waals surface area contributed by atoms with Crippen LogP contribution in [-0.2, 0) is 4.74 Å². The summed E-state index contributed by atoms with van der Waals surface area (Å²) in [5.74, 6) is 0. The molecule has 3 atom stereocenters. The van der Waals surface area contributed by atoms with Crippen LogP contribution in [0.5, 0.6) is 0 Å². The molecule has 0 saturated carbocycles. The third-order valence-electron chi connectivity index (χ3n) is 3.58. The maximum Gasteiger partial charge on any atom is 0.115 e. The minimum Gasteiger partial charge on any atom is -0.383 e. The molecule has 0 spiro atoms. The van der Waals surface area contributed by atoms with Crippen LogP contribution in [0.1, 0.15) is 26.2 Å². The van der Waals surface area contributed by atoms with Crippen LogP contribution in [0.3, 0.4) is 0 Å². The highest BCUT2D eigenvalue weighted by Gasteiger charge is 2.51. The van der Waals surface area contributed by atoms with Gasteiger partial charge in [0.2, 0.25) is 0 Å². The number of fused-ring (bicyclic) bond motifs is 1. The van der Waals surface area contributed by atoms with Crippen LogP contribution in [0, 0.1) is 0 Å². The molecule has 0 bridgehead atoms. The summed E-state index contributed by atoms with van der Waals surface area (Å²) in [6, 6.07) is 0.538. The van der Waals surface area contributed by atoms with Gasteiger partial charge in [0.25, 0.3) is 0 Å².